The fourth-order valence-electron chi connectivity index (χ4n) is 3.55. The van der Waals surface area contributed by atoms with E-state index < -0.39 is 10.0 Å². The van der Waals surface area contributed by atoms with E-state index in [1.165, 1.54) is 6.26 Å². The Hall–Kier alpha value is -0.920. The van der Waals surface area contributed by atoms with Crippen LogP contribution in [0, 0.1) is 5.92 Å². The Labute approximate surface area is 184 Å². The lowest BCUT2D eigenvalue weighted by Crippen LogP contribution is -2.52. The lowest BCUT2D eigenvalue weighted by atomic mass is 10.1. The second-order valence-corrected chi connectivity index (χ2v) is 9.21. The van der Waals surface area contributed by atoms with E-state index in [1.807, 2.05) is 6.07 Å². The Kier molecular flexibility index (Phi) is 8.96. The van der Waals surface area contributed by atoms with Gasteiger partial charge in [0.05, 0.1) is 11.9 Å². The highest BCUT2D eigenvalue weighted by molar-refractivity contribution is 14.0. The first-order chi connectivity index (χ1) is 13.0. The molecule has 3 rings (SSSR count). The zero-order chi connectivity index (χ0) is 19.3. The molecule has 0 spiro atoms. The minimum Gasteiger partial charge on any atom is -0.364 e. The molecule has 0 bridgehead atoms. The van der Waals surface area contributed by atoms with E-state index in [-0.39, 0.29) is 24.0 Å². The van der Waals surface area contributed by atoms with Gasteiger partial charge in [-0.3, -0.25) is 9.89 Å². The third-order valence-electron chi connectivity index (χ3n) is 5.10. The summed E-state index contributed by atoms with van der Waals surface area (Å²) in [7, 11) is -3.09. The minimum atomic E-state index is -3.09. The van der Waals surface area contributed by atoms with E-state index in [4.69, 9.17) is 9.52 Å². The lowest BCUT2D eigenvalue weighted by Gasteiger charge is -2.36. The summed E-state index contributed by atoms with van der Waals surface area (Å²) in [6, 6.07) is 1.90. The number of guanidine groups is 1. The highest BCUT2D eigenvalue weighted by Gasteiger charge is 2.28. The number of sulfonamides is 1. The summed E-state index contributed by atoms with van der Waals surface area (Å²) in [6.45, 7) is 9.24. The van der Waals surface area contributed by atoms with E-state index in [1.54, 1.807) is 10.6 Å². The van der Waals surface area contributed by atoms with Crippen molar-refractivity contribution in [1.82, 2.24) is 24.6 Å². The van der Waals surface area contributed by atoms with Crippen molar-refractivity contribution in [3.63, 3.8) is 0 Å². The zero-order valence-electron chi connectivity index (χ0n) is 16.6. The van der Waals surface area contributed by atoms with Crippen LogP contribution >= 0.6 is 24.0 Å². The molecule has 0 aromatic carbocycles. The molecule has 1 N–H and O–H groups in total. The second kappa shape index (κ2) is 10.7. The van der Waals surface area contributed by atoms with Crippen molar-refractivity contribution in [1.29, 1.82) is 0 Å². The van der Waals surface area contributed by atoms with Crippen LogP contribution in [0.5, 0.6) is 0 Å². The number of hydrogen-bond donors (Lipinski definition) is 1. The van der Waals surface area contributed by atoms with Gasteiger partial charge in [-0.25, -0.2) is 12.7 Å². The first kappa shape index (κ1) is 23.4. The average molecular weight is 526 g/mol. The van der Waals surface area contributed by atoms with Crippen molar-refractivity contribution in [2.24, 2.45) is 10.9 Å². The number of aliphatic imine (C=N–C) groups is 1. The predicted molar refractivity (Wildman–Crippen MR) is 119 cm³/mol. The summed E-state index contributed by atoms with van der Waals surface area (Å²) in [5.41, 5.74) is 0.959. The van der Waals surface area contributed by atoms with E-state index in [0.717, 1.165) is 57.3 Å². The quantitative estimate of drug-likeness (QED) is 0.331. The van der Waals surface area contributed by atoms with Gasteiger partial charge in [-0.05, 0) is 19.3 Å². The van der Waals surface area contributed by atoms with Gasteiger partial charge in [0.25, 0.3) is 0 Å². The molecule has 9 nitrogen and oxygen atoms in total. The molecular weight excluding hydrogens is 495 g/mol. The largest absolute Gasteiger partial charge is 0.364 e. The van der Waals surface area contributed by atoms with Gasteiger partial charge in [0.1, 0.15) is 6.26 Å². The number of nitrogens with zero attached hydrogens (tertiary/aromatic N) is 5. The molecule has 11 heteroatoms. The third-order valence-corrected chi connectivity index (χ3v) is 6.37. The Morgan fingerprint density at radius 2 is 2.07 bits per heavy atom. The number of halogens is 1. The summed E-state index contributed by atoms with van der Waals surface area (Å²) < 4.78 is 29.8. The number of hydrogen-bond acceptors (Lipinski definition) is 6. The van der Waals surface area contributed by atoms with Crippen LogP contribution in [0.3, 0.4) is 0 Å². The van der Waals surface area contributed by atoms with E-state index in [2.05, 4.69) is 27.2 Å². The molecule has 1 unspecified atom stereocenters. The van der Waals surface area contributed by atoms with Crippen LogP contribution in [0.2, 0.25) is 0 Å². The standard InChI is InChI=1S/C17H30N6O3S.HI/c1-3-18-17(19-12-15-4-6-23(13-15)27(2,24)25)22-9-7-21(8-10-22)14-16-5-11-26-20-16;/h5,11,15H,3-4,6-10,12-14H2,1-2H3,(H,18,19);1H. The molecule has 2 saturated heterocycles. The summed E-state index contributed by atoms with van der Waals surface area (Å²) >= 11 is 0. The van der Waals surface area contributed by atoms with Gasteiger partial charge in [0.15, 0.2) is 5.96 Å². The highest BCUT2D eigenvalue weighted by Crippen LogP contribution is 2.19. The molecule has 0 aliphatic carbocycles. The van der Waals surface area contributed by atoms with Crippen LogP contribution < -0.4 is 5.32 Å². The maximum Gasteiger partial charge on any atom is 0.211 e. The molecule has 28 heavy (non-hydrogen) atoms. The zero-order valence-corrected chi connectivity index (χ0v) is 19.7. The molecule has 2 aliphatic heterocycles. The molecule has 1 aromatic heterocycles. The maximum atomic E-state index is 11.7. The molecule has 2 aliphatic rings. The SMILES string of the molecule is CCNC(=NCC1CCN(S(C)(=O)=O)C1)N1CCN(Cc2ccon2)CC1.I. The Balaban J connectivity index is 0.00000280. The summed E-state index contributed by atoms with van der Waals surface area (Å²) in [5.74, 6) is 1.22. The molecule has 0 saturated carbocycles. The van der Waals surface area contributed by atoms with Gasteiger partial charge < -0.3 is 14.7 Å². The van der Waals surface area contributed by atoms with Gasteiger partial charge >= 0.3 is 0 Å². The van der Waals surface area contributed by atoms with Crippen LogP contribution in [0.4, 0.5) is 0 Å². The molecular formula is C17H31IN6O3S. The van der Waals surface area contributed by atoms with E-state index in [9.17, 15) is 8.42 Å². The average Bonchev–Trinajstić information content (AvgIpc) is 3.31. The van der Waals surface area contributed by atoms with Crippen molar-refractivity contribution in [2.75, 3.05) is 58.6 Å². The first-order valence-electron chi connectivity index (χ1n) is 9.55. The van der Waals surface area contributed by atoms with Crippen molar-refractivity contribution < 1.29 is 12.9 Å². The normalized spacial score (nSPS) is 22.3. The molecule has 0 amide bonds. The number of rotatable bonds is 6. The van der Waals surface area contributed by atoms with Crippen molar-refractivity contribution in [3.8, 4) is 0 Å². The van der Waals surface area contributed by atoms with Gasteiger partial charge in [-0.15, -0.1) is 24.0 Å². The van der Waals surface area contributed by atoms with Crippen molar-refractivity contribution in [2.45, 2.75) is 19.9 Å². The molecule has 1 atom stereocenters. The molecule has 0 radical (unpaired) electrons. The minimum absolute atomic E-state index is 0. The highest BCUT2D eigenvalue weighted by atomic mass is 127. The first-order valence-corrected chi connectivity index (χ1v) is 11.4. The monoisotopic (exact) mass is 526 g/mol. The van der Waals surface area contributed by atoms with Crippen LogP contribution in [-0.2, 0) is 16.6 Å². The molecule has 3 heterocycles. The molecule has 2 fully saturated rings. The number of nitrogens with one attached hydrogen (secondary N) is 1. The van der Waals surface area contributed by atoms with Gasteiger partial charge in [0, 0.05) is 65.0 Å². The fourth-order valence-corrected chi connectivity index (χ4v) is 4.47. The van der Waals surface area contributed by atoms with E-state index >= 15 is 0 Å². The maximum absolute atomic E-state index is 11.7. The van der Waals surface area contributed by atoms with Crippen LogP contribution in [0.25, 0.3) is 0 Å². The lowest BCUT2D eigenvalue weighted by molar-refractivity contribution is 0.169. The summed E-state index contributed by atoms with van der Waals surface area (Å²) in [4.78, 5) is 9.44. The van der Waals surface area contributed by atoms with E-state index in [0.29, 0.717) is 25.6 Å². The van der Waals surface area contributed by atoms with Gasteiger partial charge in [-0.1, -0.05) is 5.16 Å². The van der Waals surface area contributed by atoms with Crippen LogP contribution in [0.1, 0.15) is 19.0 Å². The Morgan fingerprint density at radius 3 is 2.64 bits per heavy atom. The van der Waals surface area contributed by atoms with Crippen LogP contribution in [0.15, 0.2) is 21.8 Å². The van der Waals surface area contributed by atoms with Crippen molar-refractivity contribution in [3.05, 3.63) is 18.0 Å². The molecule has 160 valence electrons. The number of aromatic nitrogens is 1. The fraction of sp³-hybridized carbons (Fsp3) is 0.765. The summed E-state index contributed by atoms with van der Waals surface area (Å²) in [5, 5.41) is 7.35. The summed E-state index contributed by atoms with van der Waals surface area (Å²) in [6.07, 6.45) is 3.76. The van der Waals surface area contributed by atoms with Gasteiger partial charge in [0.2, 0.25) is 10.0 Å². The second-order valence-electron chi connectivity index (χ2n) is 7.22. The smallest absolute Gasteiger partial charge is 0.211 e. The molecule has 1 aromatic rings. The Morgan fingerprint density at radius 1 is 1.32 bits per heavy atom. The predicted octanol–water partition coefficient (Wildman–Crippen LogP) is 0.657. The van der Waals surface area contributed by atoms with Crippen molar-refractivity contribution >= 4 is 40.0 Å². The Bertz CT molecular complexity index is 719. The van der Waals surface area contributed by atoms with Crippen LogP contribution in [-0.4, -0.2) is 92.3 Å². The number of piperazine rings is 1. The third kappa shape index (κ3) is 6.56. The van der Waals surface area contributed by atoms with Gasteiger partial charge in [-0.2, -0.15) is 0 Å². The topological polar surface area (TPSA) is 94.3 Å².